The molecule has 3 rings (SSSR count). The zero-order chi connectivity index (χ0) is 28.7. The van der Waals surface area contributed by atoms with E-state index < -0.39 is 28.5 Å². The third-order valence-corrected chi connectivity index (χ3v) is 8.42. The molecule has 3 aromatic carbocycles. The van der Waals surface area contributed by atoms with Crippen molar-refractivity contribution in [1.82, 2.24) is 10.2 Å². The van der Waals surface area contributed by atoms with Crippen molar-refractivity contribution in [2.45, 2.75) is 32.9 Å². The Labute approximate surface area is 244 Å². The molecule has 1 atom stereocenters. The SMILES string of the molecule is CCNC(=O)[C@H](Cc1ccccc1)N(Cc1ccc(Cl)c(Cl)c1)C(=O)CN(c1cccc(Cl)c1C)S(C)(=O)=O. The Morgan fingerprint density at radius 1 is 0.897 bits per heavy atom. The lowest BCUT2D eigenvalue weighted by Crippen LogP contribution is -2.53. The lowest BCUT2D eigenvalue weighted by Gasteiger charge is -2.33. The van der Waals surface area contributed by atoms with Crippen LogP contribution in [0.4, 0.5) is 5.69 Å². The van der Waals surface area contributed by atoms with Gasteiger partial charge in [0.15, 0.2) is 0 Å². The monoisotopic (exact) mass is 609 g/mol. The summed E-state index contributed by atoms with van der Waals surface area (Å²) in [6, 6.07) is 18.2. The number of sulfonamides is 1. The Hall–Kier alpha value is -2.78. The quantitative estimate of drug-likeness (QED) is 0.311. The van der Waals surface area contributed by atoms with Crippen LogP contribution in [-0.4, -0.2) is 50.5 Å². The van der Waals surface area contributed by atoms with Gasteiger partial charge in [-0.25, -0.2) is 8.42 Å². The van der Waals surface area contributed by atoms with Crippen molar-refractivity contribution in [3.8, 4) is 0 Å². The highest BCUT2D eigenvalue weighted by molar-refractivity contribution is 7.92. The maximum atomic E-state index is 14.0. The number of nitrogens with zero attached hydrogens (tertiary/aromatic N) is 2. The molecule has 3 aromatic rings. The molecule has 208 valence electrons. The lowest BCUT2D eigenvalue weighted by atomic mass is 10.0. The minimum absolute atomic E-state index is 0.00349. The van der Waals surface area contributed by atoms with Gasteiger partial charge in [-0.05, 0) is 54.8 Å². The zero-order valence-electron chi connectivity index (χ0n) is 21.8. The number of anilines is 1. The Bertz CT molecular complexity index is 1440. The van der Waals surface area contributed by atoms with Crippen LogP contribution in [-0.2, 0) is 32.6 Å². The summed E-state index contributed by atoms with van der Waals surface area (Å²) < 4.78 is 26.8. The van der Waals surface area contributed by atoms with Crippen LogP contribution in [0.1, 0.15) is 23.6 Å². The Kier molecular flexibility index (Phi) is 10.7. The molecule has 0 unspecified atom stereocenters. The van der Waals surface area contributed by atoms with Crippen molar-refractivity contribution in [3.63, 3.8) is 0 Å². The largest absolute Gasteiger partial charge is 0.355 e. The summed E-state index contributed by atoms with van der Waals surface area (Å²) in [4.78, 5) is 28.8. The molecule has 0 radical (unpaired) electrons. The minimum atomic E-state index is -3.90. The minimum Gasteiger partial charge on any atom is -0.355 e. The Morgan fingerprint density at radius 3 is 2.21 bits per heavy atom. The number of nitrogens with one attached hydrogen (secondary N) is 1. The molecule has 0 aromatic heterocycles. The smallest absolute Gasteiger partial charge is 0.244 e. The van der Waals surface area contributed by atoms with Crippen LogP contribution in [0.5, 0.6) is 0 Å². The molecule has 0 fully saturated rings. The van der Waals surface area contributed by atoms with E-state index >= 15 is 0 Å². The van der Waals surface area contributed by atoms with Crippen LogP contribution in [0.2, 0.25) is 15.1 Å². The third-order valence-electron chi connectivity index (χ3n) is 6.15. The molecule has 0 aliphatic heterocycles. The number of halogens is 3. The fraction of sp³-hybridized carbons (Fsp3) is 0.286. The first-order valence-corrected chi connectivity index (χ1v) is 15.2. The van der Waals surface area contributed by atoms with E-state index in [1.807, 2.05) is 30.3 Å². The number of hydrogen-bond acceptors (Lipinski definition) is 4. The molecular formula is C28H30Cl3N3O4S. The molecule has 1 N–H and O–H groups in total. The zero-order valence-corrected chi connectivity index (χ0v) is 24.9. The maximum absolute atomic E-state index is 14.0. The first kappa shape index (κ1) is 30.8. The normalized spacial score (nSPS) is 12.1. The molecule has 0 saturated carbocycles. The van der Waals surface area contributed by atoms with Gasteiger partial charge < -0.3 is 10.2 Å². The molecule has 11 heteroatoms. The second-order valence-electron chi connectivity index (χ2n) is 9.02. The fourth-order valence-corrected chi connectivity index (χ4v) is 5.53. The molecule has 7 nitrogen and oxygen atoms in total. The first-order chi connectivity index (χ1) is 18.4. The van der Waals surface area contributed by atoms with Gasteiger partial charge in [0.1, 0.15) is 12.6 Å². The summed E-state index contributed by atoms with van der Waals surface area (Å²) in [6.07, 6.45) is 1.24. The molecule has 0 spiro atoms. The van der Waals surface area contributed by atoms with Crippen molar-refractivity contribution >= 4 is 62.3 Å². The van der Waals surface area contributed by atoms with Crippen LogP contribution >= 0.6 is 34.8 Å². The molecular weight excluding hydrogens is 581 g/mol. The first-order valence-electron chi connectivity index (χ1n) is 12.2. The molecule has 0 aliphatic rings. The maximum Gasteiger partial charge on any atom is 0.244 e. The molecule has 0 heterocycles. The van der Waals surface area contributed by atoms with E-state index in [1.165, 1.54) is 4.90 Å². The van der Waals surface area contributed by atoms with Crippen molar-refractivity contribution < 1.29 is 18.0 Å². The van der Waals surface area contributed by atoms with Gasteiger partial charge in [0.25, 0.3) is 0 Å². The van der Waals surface area contributed by atoms with Gasteiger partial charge in [0, 0.05) is 24.5 Å². The summed E-state index contributed by atoms with van der Waals surface area (Å²) in [5, 5.41) is 3.82. The van der Waals surface area contributed by atoms with Crippen molar-refractivity contribution in [2.75, 3.05) is 23.7 Å². The highest BCUT2D eigenvalue weighted by atomic mass is 35.5. The van der Waals surface area contributed by atoms with E-state index in [4.69, 9.17) is 34.8 Å². The summed E-state index contributed by atoms with van der Waals surface area (Å²) in [5.41, 5.74) is 2.26. The number of likely N-dealkylation sites (N-methyl/N-ethyl adjacent to an activating group) is 1. The van der Waals surface area contributed by atoms with E-state index in [0.29, 0.717) is 32.7 Å². The average molecular weight is 611 g/mol. The molecule has 39 heavy (non-hydrogen) atoms. The fourth-order valence-electron chi connectivity index (χ4n) is 4.14. The standard InChI is InChI=1S/C28H30Cl3N3O4S/c1-4-32-28(36)26(16-20-9-6-5-7-10-20)33(17-21-13-14-23(30)24(31)15-21)27(35)18-34(39(3,37)38)25-12-8-11-22(29)19(25)2/h5-15,26H,4,16-18H2,1-3H3,(H,32,36)/t26-/m0/s1. The number of rotatable bonds is 11. The number of amides is 2. The van der Waals surface area contributed by atoms with Gasteiger partial charge in [0.05, 0.1) is 22.0 Å². The average Bonchev–Trinajstić information content (AvgIpc) is 2.88. The number of carbonyl (C=O) groups excluding carboxylic acids is 2. The van der Waals surface area contributed by atoms with E-state index in [0.717, 1.165) is 16.1 Å². The number of carbonyl (C=O) groups is 2. The van der Waals surface area contributed by atoms with Gasteiger partial charge in [0.2, 0.25) is 21.8 Å². The van der Waals surface area contributed by atoms with Gasteiger partial charge in [-0.15, -0.1) is 0 Å². The van der Waals surface area contributed by atoms with Gasteiger partial charge >= 0.3 is 0 Å². The van der Waals surface area contributed by atoms with Crippen LogP contribution < -0.4 is 9.62 Å². The summed E-state index contributed by atoms with van der Waals surface area (Å²) in [7, 11) is -3.90. The third kappa shape index (κ3) is 8.11. The van der Waals surface area contributed by atoms with Crippen LogP contribution in [0.25, 0.3) is 0 Å². The van der Waals surface area contributed by atoms with Crippen LogP contribution in [0.3, 0.4) is 0 Å². The number of hydrogen-bond donors (Lipinski definition) is 1. The highest BCUT2D eigenvalue weighted by Gasteiger charge is 2.33. The van der Waals surface area contributed by atoms with E-state index in [2.05, 4.69) is 5.32 Å². The number of benzene rings is 3. The van der Waals surface area contributed by atoms with Crippen molar-refractivity contribution in [1.29, 1.82) is 0 Å². The van der Waals surface area contributed by atoms with Crippen LogP contribution in [0.15, 0.2) is 66.7 Å². The van der Waals surface area contributed by atoms with Gasteiger partial charge in [-0.3, -0.25) is 13.9 Å². The van der Waals surface area contributed by atoms with Crippen LogP contribution in [0, 0.1) is 6.92 Å². The molecule has 2 amide bonds. The van der Waals surface area contributed by atoms with Gasteiger partial charge in [-0.2, -0.15) is 0 Å². The topological polar surface area (TPSA) is 86.8 Å². The predicted octanol–water partition coefficient (Wildman–Crippen LogP) is 5.50. The van der Waals surface area contributed by atoms with E-state index in [9.17, 15) is 18.0 Å². The Balaban J connectivity index is 2.08. The molecule has 0 saturated heterocycles. The highest BCUT2D eigenvalue weighted by Crippen LogP contribution is 2.29. The van der Waals surface area contributed by atoms with E-state index in [1.54, 1.807) is 50.2 Å². The summed E-state index contributed by atoms with van der Waals surface area (Å²) in [6.45, 7) is 3.29. The Morgan fingerprint density at radius 2 is 1.59 bits per heavy atom. The molecule has 0 bridgehead atoms. The van der Waals surface area contributed by atoms with E-state index in [-0.39, 0.29) is 24.6 Å². The molecule has 0 aliphatic carbocycles. The van der Waals surface area contributed by atoms with Crippen molar-refractivity contribution in [3.05, 3.63) is 98.5 Å². The van der Waals surface area contributed by atoms with Gasteiger partial charge in [-0.1, -0.05) is 77.3 Å². The summed E-state index contributed by atoms with van der Waals surface area (Å²) in [5.74, 6) is -0.933. The lowest BCUT2D eigenvalue weighted by molar-refractivity contribution is -0.140. The second kappa shape index (κ2) is 13.5. The summed E-state index contributed by atoms with van der Waals surface area (Å²) >= 11 is 18.6. The van der Waals surface area contributed by atoms with Crippen molar-refractivity contribution in [2.24, 2.45) is 0 Å². The predicted molar refractivity (Wildman–Crippen MR) is 158 cm³/mol. The second-order valence-corrected chi connectivity index (χ2v) is 12.2.